The topological polar surface area (TPSA) is 47.6 Å². The minimum absolute atomic E-state index is 0.641. The fourth-order valence-corrected chi connectivity index (χ4v) is 8.31. The monoisotopic (exact) mass is 439 g/mol. The first-order valence-corrected chi connectivity index (χ1v) is 12.8. The molecule has 0 heterocycles. The third-order valence-electron chi connectivity index (χ3n) is 5.63. The average molecular weight is 440 g/mol. The van der Waals surface area contributed by atoms with E-state index in [2.05, 4.69) is 96.1 Å². The number of benzene rings is 4. The van der Waals surface area contributed by atoms with Crippen LogP contribution in [0.2, 0.25) is 0 Å². The van der Waals surface area contributed by atoms with Gasteiger partial charge < -0.3 is 10.6 Å². The first-order chi connectivity index (χ1) is 15.8. The van der Waals surface area contributed by atoms with Gasteiger partial charge in [0.15, 0.2) is 0 Å². The van der Waals surface area contributed by atoms with Crippen molar-refractivity contribution < 1.29 is 4.74 Å². The predicted molar refractivity (Wildman–Crippen MR) is 138 cm³/mol. The van der Waals surface area contributed by atoms with Crippen molar-refractivity contribution in [3.8, 4) is 5.75 Å². The minimum atomic E-state index is -2.06. The molecular formula is C28H28N2OP+. The quantitative estimate of drug-likeness (QED) is 0.187. The van der Waals surface area contributed by atoms with Crippen molar-refractivity contribution in [3.05, 3.63) is 121 Å². The van der Waals surface area contributed by atoms with Crippen molar-refractivity contribution >= 4 is 28.9 Å². The predicted octanol–water partition coefficient (Wildman–Crippen LogP) is 4.74. The zero-order valence-electron chi connectivity index (χ0n) is 18.3. The molecule has 160 valence electrons. The number of nitrogens with zero attached hydrogens (tertiary/aromatic N) is 1. The van der Waals surface area contributed by atoms with Gasteiger partial charge in [-0.15, -0.1) is 0 Å². The zero-order chi connectivity index (χ0) is 22.2. The number of nitrogens with two attached hydrogens (primary N) is 1. The van der Waals surface area contributed by atoms with Crippen LogP contribution in [0.1, 0.15) is 12.5 Å². The highest BCUT2D eigenvalue weighted by Crippen LogP contribution is 2.55. The largest absolute Gasteiger partial charge is 0.494 e. The number of hydrazone groups is 1. The Hall–Kier alpha value is -3.42. The molecule has 0 amide bonds. The van der Waals surface area contributed by atoms with Crippen molar-refractivity contribution in [2.24, 2.45) is 10.9 Å². The Balaban J connectivity index is 1.89. The summed E-state index contributed by atoms with van der Waals surface area (Å²) in [6, 6.07) is 40.4. The summed E-state index contributed by atoms with van der Waals surface area (Å²) in [5.41, 5.74) is 1.90. The van der Waals surface area contributed by atoms with Crippen LogP contribution in [0.5, 0.6) is 5.75 Å². The van der Waals surface area contributed by atoms with Gasteiger partial charge in [0.25, 0.3) is 0 Å². The second-order valence-electron chi connectivity index (χ2n) is 7.51. The van der Waals surface area contributed by atoms with Crippen molar-refractivity contribution in [1.82, 2.24) is 0 Å². The molecule has 0 bridgehead atoms. The molecular weight excluding hydrogens is 411 g/mol. The highest BCUT2D eigenvalue weighted by atomic mass is 31.2. The number of hydrogen-bond donors (Lipinski definition) is 1. The summed E-state index contributed by atoms with van der Waals surface area (Å²) in [7, 11) is -2.06. The van der Waals surface area contributed by atoms with Crippen molar-refractivity contribution in [2.45, 2.75) is 6.92 Å². The Kier molecular flexibility index (Phi) is 6.99. The van der Waals surface area contributed by atoms with E-state index in [0.717, 1.165) is 23.2 Å². The molecule has 4 aromatic carbocycles. The molecule has 4 heteroatoms. The summed E-state index contributed by atoms with van der Waals surface area (Å²) in [5, 5.41) is 8.23. The molecule has 0 aliphatic carbocycles. The van der Waals surface area contributed by atoms with Crippen LogP contribution < -0.4 is 26.5 Å². The molecule has 0 spiro atoms. The lowest BCUT2D eigenvalue weighted by molar-refractivity contribution is 0.340. The standard InChI is InChI=1S/C28H28N2OP/c1-2-31-24-20-18-23(19-21-24)28(30-29)22-32(25-12-6-3-7-13-25,26-14-8-4-9-15-26)27-16-10-5-11-17-27/h3-21H,2,22,29H2,1H3/q+1. The first-order valence-electron chi connectivity index (χ1n) is 10.8. The lowest BCUT2D eigenvalue weighted by atomic mass is 10.1. The number of hydrogen-bond acceptors (Lipinski definition) is 3. The summed E-state index contributed by atoms with van der Waals surface area (Å²) >= 11 is 0. The summed E-state index contributed by atoms with van der Waals surface area (Å²) in [6.45, 7) is 2.63. The van der Waals surface area contributed by atoms with E-state index in [1.807, 2.05) is 31.2 Å². The highest BCUT2D eigenvalue weighted by molar-refractivity contribution is 7.96. The van der Waals surface area contributed by atoms with Gasteiger partial charge in [-0.25, -0.2) is 0 Å². The molecule has 32 heavy (non-hydrogen) atoms. The molecule has 4 aromatic rings. The maximum Gasteiger partial charge on any atom is 0.119 e. The lowest BCUT2D eigenvalue weighted by Gasteiger charge is -2.28. The summed E-state index contributed by atoms with van der Waals surface area (Å²) < 4.78 is 5.62. The molecule has 4 rings (SSSR count). The summed E-state index contributed by atoms with van der Waals surface area (Å²) in [5.74, 6) is 6.87. The maximum absolute atomic E-state index is 6.02. The maximum atomic E-state index is 6.02. The van der Waals surface area contributed by atoms with Gasteiger partial charge in [-0.1, -0.05) is 54.6 Å². The van der Waals surface area contributed by atoms with Gasteiger partial charge in [0.2, 0.25) is 0 Å². The van der Waals surface area contributed by atoms with Gasteiger partial charge in [-0.05, 0) is 67.6 Å². The van der Waals surface area contributed by atoms with Crippen LogP contribution in [0.15, 0.2) is 120 Å². The van der Waals surface area contributed by atoms with E-state index in [1.165, 1.54) is 15.9 Å². The van der Waals surface area contributed by atoms with E-state index in [1.54, 1.807) is 0 Å². The second-order valence-corrected chi connectivity index (χ2v) is 11.0. The van der Waals surface area contributed by atoms with Gasteiger partial charge in [-0.2, -0.15) is 5.10 Å². The fourth-order valence-electron chi connectivity index (χ4n) is 4.11. The Bertz CT molecular complexity index is 1050. The van der Waals surface area contributed by atoms with Crippen LogP contribution in [-0.2, 0) is 0 Å². The molecule has 0 aromatic heterocycles. The molecule has 0 aliphatic heterocycles. The summed E-state index contributed by atoms with van der Waals surface area (Å²) in [6.07, 6.45) is 0.732. The SMILES string of the molecule is CCOc1ccc(C(C[P+](c2ccccc2)(c2ccccc2)c2ccccc2)=NN)cc1. The number of ether oxygens (including phenoxy) is 1. The normalized spacial score (nSPS) is 11.8. The van der Waals surface area contributed by atoms with E-state index < -0.39 is 7.26 Å². The van der Waals surface area contributed by atoms with Crippen LogP contribution >= 0.6 is 7.26 Å². The molecule has 0 radical (unpaired) electrons. The van der Waals surface area contributed by atoms with E-state index >= 15 is 0 Å². The first kappa shape index (κ1) is 21.8. The van der Waals surface area contributed by atoms with Crippen LogP contribution in [0.25, 0.3) is 0 Å². The van der Waals surface area contributed by atoms with Gasteiger partial charge >= 0.3 is 0 Å². The Labute approximate surface area is 190 Å². The average Bonchev–Trinajstić information content (AvgIpc) is 2.87. The second kappa shape index (κ2) is 10.3. The zero-order valence-corrected chi connectivity index (χ0v) is 19.2. The smallest absolute Gasteiger partial charge is 0.119 e. The van der Waals surface area contributed by atoms with Crippen LogP contribution in [-0.4, -0.2) is 18.5 Å². The van der Waals surface area contributed by atoms with E-state index in [0.29, 0.717) is 6.61 Å². The number of rotatable bonds is 8. The molecule has 0 unspecified atom stereocenters. The third-order valence-corrected chi connectivity index (χ3v) is 9.95. The minimum Gasteiger partial charge on any atom is -0.494 e. The van der Waals surface area contributed by atoms with Crippen molar-refractivity contribution in [3.63, 3.8) is 0 Å². The fraction of sp³-hybridized carbons (Fsp3) is 0.107. The molecule has 0 fully saturated rings. The molecule has 0 aliphatic rings. The van der Waals surface area contributed by atoms with Gasteiger partial charge in [0.1, 0.15) is 40.8 Å². The third kappa shape index (κ3) is 4.44. The molecule has 0 atom stereocenters. The van der Waals surface area contributed by atoms with Crippen LogP contribution in [0.3, 0.4) is 0 Å². The van der Waals surface area contributed by atoms with Crippen LogP contribution in [0.4, 0.5) is 0 Å². The summed E-state index contributed by atoms with van der Waals surface area (Å²) in [4.78, 5) is 0. The molecule has 0 saturated heterocycles. The Morgan fingerprint density at radius 1 is 0.688 bits per heavy atom. The van der Waals surface area contributed by atoms with Crippen LogP contribution in [0, 0.1) is 0 Å². The molecule has 3 nitrogen and oxygen atoms in total. The Morgan fingerprint density at radius 2 is 1.12 bits per heavy atom. The van der Waals surface area contributed by atoms with E-state index in [9.17, 15) is 0 Å². The van der Waals surface area contributed by atoms with E-state index in [-0.39, 0.29) is 0 Å². The van der Waals surface area contributed by atoms with Crippen molar-refractivity contribution in [2.75, 3.05) is 12.8 Å². The van der Waals surface area contributed by atoms with Gasteiger partial charge in [0.05, 0.1) is 6.61 Å². The Morgan fingerprint density at radius 3 is 1.50 bits per heavy atom. The highest BCUT2D eigenvalue weighted by Gasteiger charge is 2.46. The lowest BCUT2D eigenvalue weighted by Crippen LogP contribution is -2.36. The van der Waals surface area contributed by atoms with Crippen molar-refractivity contribution in [1.29, 1.82) is 0 Å². The van der Waals surface area contributed by atoms with Gasteiger partial charge in [0, 0.05) is 5.56 Å². The van der Waals surface area contributed by atoms with E-state index in [4.69, 9.17) is 10.6 Å². The molecule has 0 saturated carbocycles. The van der Waals surface area contributed by atoms with Gasteiger partial charge in [-0.3, -0.25) is 0 Å². The molecule has 2 N–H and O–H groups in total.